The Bertz CT molecular complexity index is 471. The highest BCUT2D eigenvalue weighted by Crippen LogP contribution is 2.20. The van der Waals surface area contributed by atoms with Gasteiger partial charge in [0, 0.05) is 24.1 Å². The standard InChI is InChI=1S/C15H21NO4/c1-3-20-14-7-6-12(11(2)17)9-13(14)10-16-8-4-5-15(18)19/h6-7,9,16H,3-5,8,10H2,1-2H3,(H,18,19). The van der Waals surface area contributed by atoms with Crippen LogP contribution in [0.5, 0.6) is 5.75 Å². The van der Waals surface area contributed by atoms with Crippen LogP contribution in [0.3, 0.4) is 0 Å². The molecule has 0 radical (unpaired) electrons. The number of hydrogen-bond donors (Lipinski definition) is 2. The lowest BCUT2D eigenvalue weighted by atomic mass is 10.1. The molecule has 0 bridgehead atoms. The normalized spacial score (nSPS) is 10.3. The van der Waals surface area contributed by atoms with Gasteiger partial charge in [-0.1, -0.05) is 0 Å². The van der Waals surface area contributed by atoms with Crippen LogP contribution in [0.15, 0.2) is 18.2 Å². The third-order valence-electron chi connectivity index (χ3n) is 2.83. The highest BCUT2D eigenvalue weighted by molar-refractivity contribution is 5.94. The van der Waals surface area contributed by atoms with E-state index in [1.165, 1.54) is 6.92 Å². The number of carbonyl (C=O) groups excluding carboxylic acids is 1. The van der Waals surface area contributed by atoms with Gasteiger partial charge in [0.15, 0.2) is 5.78 Å². The Balaban J connectivity index is 2.62. The van der Waals surface area contributed by atoms with Gasteiger partial charge in [-0.2, -0.15) is 0 Å². The highest BCUT2D eigenvalue weighted by Gasteiger charge is 2.07. The smallest absolute Gasteiger partial charge is 0.303 e. The number of nitrogens with one attached hydrogen (secondary N) is 1. The van der Waals surface area contributed by atoms with Crippen molar-refractivity contribution in [3.8, 4) is 5.75 Å². The monoisotopic (exact) mass is 279 g/mol. The molecule has 5 nitrogen and oxygen atoms in total. The third kappa shape index (κ3) is 5.40. The summed E-state index contributed by atoms with van der Waals surface area (Å²) < 4.78 is 5.52. The molecule has 20 heavy (non-hydrogen) atoms. The second-order valence-corrected chi connectivity index (χ2v) is 4.49. The van der Waals surface area contributed by atoms with Crippen molar-refractivity contribution in [1.29, 1.82) is 0 Å². The molecular formula is C15H21NO4. The van der Waals surface area contributed by atoms with E-state index < -0.39 is 5.97 Å². The predicted molar refractivity (Wildman–Crippen MR) is 76.2 cm³/mol. The second kappa shape index (κ2) is 8.32. The van der Waals surface area contributed by atoms with Crippen molar-refractivity contribution in [3.05, 3.63) is 29.3 Å². The summed E-state index contributed by atoms with van der Waals surface area (Å²) in [6, 6.07) is 5.37. The molecule has 2 N–H and O–H groups in total. The molecule has 110 valence electrons. The lowest BCUT2D eigenvalue weighted by Gasteiger charge is -2.12. The van der Waals surface area contributed by atoms with Crippen molar-refractivity contribution in [3.63, 3.8) is 0 Å². The minimum atomic E-state index is -0.791. The van der Waals surface area contributed by atoms with Crippen LogP contribution in [0.4, 0.5) is 0 Å². The number of benzene rings is 1. The summed E-state index contributed by atoms with van der Waals surface area (Å²) in [6.45, 7) is 5.16. The van der Waals surface area contributed by atoms with Gasteiger partial charge in [0.2, 0.25) is 0 Å². The van der Waals surface area contributed by atoms with E-state index in [0.29, 0.717) is 31.7 Å². The van der Waals surface area contributed by atoms with Crippen molar-refractivity contribution >= 4 is 11.8 Å². The topological polar surface area (TPSA) is 75.6 Å². The van der Waals surface area contributed by atoms with Crippen LogP contribution >= 0.6 is 0 Å². The summed E-state index contributed by atoms with van der Waals surface area (Å²) in [5, 5.41) is 11.7. The molecule has 0 unspecified atom stereocenters. The molecule has 5 heteroatoms. The van der Waals surface area contributed by atoms with E-state index in [1.54, 1.807) is 12.1 Å². The van der Waals surface area contributed by atoms with Crippen LogP contribution in [-0.4, -0.2) is 30.0 Å². The summed E-state index contributed by atoms with van der Waals surface area (Å²) in [4.78, 5) is 21.8. The Morgan fingerprint density at radius 2 is 2.10 bits per heavy atom. The summed E-state index contributed by atoms with van der Waals surface area (Å²) in [6.07, 6.45) is 0.727. The molecule has 0 aromatic heterocycles. The molecule has 1 aromatic rings. The van der Waals surface area contributed by atoms with Gasteiger partial charge >= 0.3 is 5.97 Å². The van der Waals surface area contributed by atoms with Crippen molar-refractivity contribution in [2.45, 2.75) is 33.2 Å². The van der Waals surface area contributed by atoms with E-state index in [2.05, 4.69) is 5.32 Å². The van der Waals surface area contributed by atoms with E-state index in [1.807, 2.05) is 13.0 Å². The predicted octanol–water partition coefficient (Wildman–Crippen LogP) is 2.24. The number of carboxylic acid groups (broad SMARTS) is 1. The zero-order valence-corrected chi connectivity index (χ0v) is 11.9. The Labute approximate surface area is 118 Å². The first-order chi connectivity index (χ1) is 9.54. The Hall–Kier alpha value is -1.88. The Morgan fingerprint density at radius 1 is 1.35 bits per heavy atom. The fourth-order valence-electron chi connectivity index (χ4n) is 1.82. The van der Waals surface area contributed by atoms with Crippen LogP contribution in [0.1, 0.15) is 42.6 Å². The van der Waals surface area contributed by atoms with Gasteiger partial charge in [0.1, 0.15) is 5.75 Å². The van der Waals surface area contributed by atoms with Crippen LogP contribution in [-0.2, 0) is 11.3 Å². The SMILES string of the molecule is CCOc1ccc(C(C)=O)cc1CNCCCC(=O)O. The maximum absolute atomic E-state index is 11.4. The number of carboxylic acids is 1. The first-order valence-electron chi connectivity index (χ1n) is 6.73. The van der Waals surface area contributed by atoms with Crippen LogP contribution < -0.4 is 10.1 Å². The second-order valence-electron chi connectivity index (χ2n) is 4.49. The molecule has 0 amide bonds. The molecule has 1 rings (SSSR count). The Morgan fingerprint density at radius 3 is 2.70 bits per heavy atom. The third-order valence-corrected chi connectivity index (χ3v) is 2.83. The number of ketones is 1. The van der Waals surface area contributed by atoms with E-state index in [0.717, 1.165) is 11.3 Å². The van der Waals surface area contributed by atoms with Crippen LogP contribution in [0, 0.1) is 0 Å². The van der Waals surface area contributed by atoms with Crippen LogP contribution in [0.25, 0.3) is 0 Å². The van der Waals surface area contributed by atoms with E-state index in [4.69, 9.17) is 9.84 Å². The molecule has 0 aliphatic carbocycles. The largest absolute Gasteiger partial charge is 0.494 e. The molecule has 0 aliphatic heterocycles. The van der Waals surface area contributed by atoms with Crippen molar-refractivity contribution < 1.29 is 19.4 Å². The summed E-state index contributed by atoms with van der Waals surface area (Å²) in [7, 11) is 0. The average Bonchev–Trinajstić information content (AvgIpc) is 2.39. The average molecular weight is 279 g/mol. The molecule has 0 atom stereocenters. The number of Topliss-reactive ketones (excluding diaryl/α,β-unsaturated/α-hetero) is 1. The first-order valence-corrected chi connectivity index (χ1v) is 6.73. The fraction of sp³-hybridized carbons (Fsp3) is 0.467. The van der Waals surface area contributed by atoms with Gasteiger partial charge in [0.25, 0.3) is 0 Å². The van der Waals surface area contributed by atoms with Crippen molar-refractivity contribution in [1.82, 2.24) is 5.32 Å². The van der Waals surface area contributed by atoms with Gasteiger partial charge < -0.3 is 15.2 Å². The van der Waals surface area contributed by atoms with Gasteiger partial charge in [-0.05, 0) is 45.0 Å². The van der Waals surface area contributed by atoms with E-state index >= 15 is 0 Å². The molecule has 0 spiro atoms. The lowest BCUT2D eigenvalue weighted by molar-refractivity contribution is -0.137. The minimum Gasteiger partial charge on any atom is -0.494 e. The fourth-order valence-corrected chi connectivity index (χ4v) is 1.82. The van der Waals surface area contributed by atoms with Gasteiger partial charge in [0.05, 0.1) is 6.61 Å². The maximum Gasteiger partial charge on any atom is 0.303 e. The van der Waals surface area contributed by atoms with Crippen molar-refractivity contribution in [2.24, 2.45) is 0 Å². The van der Waals surface area contributed by atoms with E-state index in [9.17, 15) is 9.59 Å². The molecule has 0 saturated carbocycles. The maximum atomic E-state index is 11.4. The highest BCUT2D eigenvalue weighted by atomic mass is 16.5. The summed E-state index contributed by atoms with van der Waals surface area (Å²) >= 11 is 0. The van der Waals surface area contributed by atoms with Gasteiger partial charge in [-0.15, -0.1) is 0 Å². The minimum absolute atomic E-state index is 0.0141. The number of aliphatic carboxylic acids is 1. The molecule has 0 fully saturated rings. The van der Waals surface area contributed by atoms with E-state index in [-0.39, 0.29) is 12.2 Å². The summed E-state index contributed by atoms with van der Waals surface area (Å²) in [5.41, 5.74) is 1.56. The van der Waals surface area contributed by atoms with Gasteiger partial charge in [-0.3, -0.25) is 9.59 Å². The molecule has 1 aromatic carbocycles. The molecular weight excluding hydrogens is 258 g/mol. The van der Waals surface area contributed by atoms with Crippen molar-refractivity contribution in [2.75, 3.05) is 13.2 Å². The van der Waals surface area contributed by atoms with Gasteiger partial charge in [-0.25, -0.2) is 0 Å². The molecule has 0 heterocycles. The number of carbonyl (C=O) groups is 2. The zero-order chi connectivity index (χ0) is 15.0. The van der Waals surface area contributed by atoms with Crippen LogP contribution in [0.2, 0.25) is 0 Å². The first kappa shape index (κ1) is 16.2. The molecule has 0 saturated heterocycles. The zero-order valence-electron chi connectivity index (χ0n) is 11.9. The Kier molecular flexibility index (Phi) is 6.73. The summed E-state index contributed by atoms with van der Waals surface area (Å²) in [5.74, 6) is -0.0243. The number of ether oxygens (including phenoxy) is 1. The number of rotatable bonds is 9. The number of hydrogen-bond acceptors (Lipinski definition) is 4. The molecule has 0 aliphatic rings. The lowest BCUT2D eigenvalue weighted by Crippen LogP contribution is -2.17. The quantitative estimate of drug-likeness (QED) is 0.535.